The summed E-state index contributed by atoms with van der Waals surface area (Å²) in [5, 5.41) is 0.916. The zero-order chi connectivity index (χ0) is 14.8. The molecular weight excluding hydrogens is 314 g/mol. The summed E-state index contributed by atoms with van der Waals surface area (Å²) in [6, 6.07) is 9.57. The summed E-state index contributed by atoms with van der Waals surface area (Å²) in [5.41, 5.74) is 3.01. The van der Waals surface area contributed by atoms with Gasteiger partial charge in [-0.3, -0.25) is 4.90 Å². The van der Waals surface area contributed by atoms with Crippen molar-refractivity contribution in [3.8, 4) is 0 Å². The lowest BCUT2D eigenvalue weighted by Gasteiger charge is -2.37. The molecule has 2 nitrogen and oxygen atoms in total. The molecule has 0 radical (unpaired) electrons. The van der Waals surface area contributed by atoms with Gasteiger partial charge in [-0.05, 0) is 23.5 Å². The fraction of sp³-hybridized carbons (Fsp3) is 0.647. The highest BCUT2D eigenvalue weighted by molar-refractivity contribution is 9.09. The molecule has 0 spiro atoms. The number of morpholine rings is 1. The fourth-order valence-corrected chi connectivity index (χ4v) is 2.93. The van der Waals surface area contributed by atoms with Gasteiger partial charge in [0.2, 0.25) is 0 Å². The Labute approximate surface area is 131 Å². The summed E-state index contributed by atoms with van der Waals surface area (Å²) >= 11 is 3.52. The molecule has 1 aliphatic rings. The van der Waals surface area contributed by atoms with Gasteiger partial charge in [0, 0.05) is 24.5 Å². The van der Waals surface area contributed by atoms with Crippen LogP contribution < -0.4 is 0 Å². The molecule has 2 rings (SSSR count). The average Bonchev–Trinajstić information content (AvgIpc) is 2.41. The maximum absolute atomic E-state index is 5.78. The number of halogens is 1. The molecule has 20 heavy (non-hydrogen) atoms. The smallest absolute Gasteiger partial charge is 0.0799 e. The number of ether oxygens (including phenoxy) is 1. The van der Waals surface area contributed by atoms with Crippen molar-refractivity contribution in [2.75, 3.05) is 18.5 Å². The third-order valence-corrected chi connectivity index (χ3v) is 4.73. The van der Waals surface area contributed by atoms with Crippen LogP contribution in [0.1, 0.15) is 38.8 Å². The number of benzene rings is 1. The molecule has 1 aromatic rings. The van der Waals surface area contributed by atoms with Crippen LogP contribution in [-0.2, 0) is 16.7 Å². The predicted molar refractivity (Wildman–Crippen MR) is 88.5 cm³/mol. The number of nitrogens with zero attached hydrogens (tertiary/aromatic N) is 1. The molecule has 0 amide bonds. The first-order valence-corrected chi connectivity index (χ1v) is 8.53. The molecule has 1 aliphatic heterocycles. The van der Waals surface area contributed by atoms with Gasteiger partial charge in [0.25, 0.3) is 0 Å². The summed E-state index contributed by atoms with van der Waals surface area (Å²) < 4.78 is 5.78. The second kappa shape index (κ2) is 6.59. The van der Waals surface area contributed by atoms with Crippen LogP contribution in [0.2, 0.25) is 0 Å². The number of hydrogen-bond acceptors (Lipinski definition) is 2. The quantitative estimate of drug-likeness (QED) is 0.772. The van der Waals surface area contributed by atoms with E-state index in [1.165, 1.54) is 11.1 Å². The fourth-order valence-electron chi connectivity index (χ4n) is 2.53. The van der Waals surface area contributed by atoms with Gasteiger partial charge in [0.15, 0.2) is 0 Å². The second-order valence-electron chi connectivity index (χ2n) is 6.84. The molecule has 2 atom stereocenters. The lowest BCUT2D eigenvalue weighted by molar-refractivity contribution is -0.0499. The molecule has 1 aromatic carbocycles. The van der Waals surface area contributed by atoms with Crippen molar-refractivity contribution in [3.05, 3.63) is 35.4 Å². The van der Waals surface area contributed by atoms with Crippen molar-refractivity contribution in [3.63, 3.8) is 0 Å². The van der Waals surface area contributed by atoms with E-state index in [0.717, 1.165) is 25.0 Å². The first-order chi connectivity index (χ1) is 9.40. The summed E-state index contributed by atoms with van der Waals surface area (Å²) in [5.74, 6) is 0. The molecule has 112 valence electrons. The van der Waals surface area contributed by atoms with E-state index >= 15 is 0 Å². The number of rotatable bonds is 3. The third-order valence-electron chi connectivity index (χ3n) is 4.01. The van der Waals surface area contributed by atoms with Crippen molar-refractivity contribution >= 4 is 15.9 Å². The molecule has 0 bridgehead atoms. The molecule has 0 N–H and O–H groups in total. The van der Waals surface area contributed by atoms with Gasteiger partial charge in [-0.15, -0.1) is 0 Å². The van der Waals surface area contributed by atoms with Gasteiger partial charge in [-0.2, -0.15) is 0 Å². The SMILES string of the molecule is CC1COC(CBr)CN1Cc1ccc(C(C)(C)C)cc1. The van der Waals surface area contributed by atoms with Crippen LogP contribution in [0.5, 0.6) is 0 Å². The van der Waals surface area contributed by atoms with Crippen LogP contribution in [0, 0.1) is 0 Å². The van der Waals surface area contributed by atoms with E-state index in [1.54, 1.807) is 0 Å². The Morgan fingerprint density at radius 2 is 1.90 bits per heavy atom. The average molecular weight is 340 g/mol. The monoisotopic (exact) mass is 339 g/mol. The van der Waals surface area contributed by atoms with Gasteiger partial charge in [0.05, 0.1) is 12.7 Å². The molecule has 0 saturated carbocycles. The molecule has 0 aliphatic carbocycles. The van der Waals surface area contributed by atoms with Crippen LogP contribution in [0.3, 0.4) is 0 Å². The van der Waals surface area contributed by atoms with Gasteiger partial charge >= 0.3 is 0 Å². The standard InChI is InChI=1S/C17H26BrNO/c1-13-12-20-16(9-18)11-19(13)10-14-5-7-15(8-6-14)17(2,3)4/h5-8,13,16H,9-12H2,1-4H3. The zero-order valence-electron chi connectivity index (χ0n) is 13.0. The number of alkyl halides is 1. The Bertz CT molecular complexity index is 424. The Hall–Kier alpha value is -0.380. The van der Waals surface area contributed by atoms with E-state index in [2.05, 4.69) is 72.8 Å². The summed E-state index contributed by atoms with van der Waals surface area (Å²) in [4.78, 5) is 2.52. The minimum atomic E-state index is 0.228. The highest BCUT2D eigenvalue weighted by Gasteiger charge is 2.25. The normalized spacial score (nSPS) is 24.9. The lowest BCUT2D eigenvalue weighted by atomic mass is 9.86. The van der Waals surface area contributed by atoms with Crippen LogP contribution in [0.15, 0.2) is 24.3 Å². The Morgan fingerprint density at radius 3 is 2.45 bits per heavy atom. The molecular formula is C17H26BrNO. The second-order valence-corrected chi connectivity index (χ2v) is 7.48. The zero-order valence-corrected chi connectivity index (χ0v) is 14.6. The maximum atomic E-state index is 5.78. The van der Waals surface area contributed by atoms with Gasteiger partial charge < -0.3 is 4.74 Å². The van der Waals surface area contributed by atoms with Crippen molar-refractivity contribution in [2.45, 2.75) is 51.8 Å². The van der Waals surface area contributed by atoms with E-state index in [9.17, 15) is 0 Å². The minimum absolute atomic E-state index is 0.228. The van der Waals surface area contributed by atoms with Crippen molar-refractivity contribution in [1.82, 2.24) is 4.90 Å². The molecule has 1 heterocycles. The summed E-state index contributed by atoms with van der Waals surface area (Å²) in [6.07, 6.45) is 0.319. The van der Waals surface area contributed by atoms with E-state index < -0.39 is 0 Å². The van der Waals surface area contributed by atoms with E-state index in [4.69, 9.17) is 4.74 Å². The summed E-state index contributed by atoms with van der Waals surface area (Å²) in [6.45, 7) is 11.9. The first kappa shape index (κ1) is 16.0. The topological polar surface area (TPSA) is 12.5 Å². The molecule has 1 fully saturated rings. The van der Waals surface area contributed by atoms with E-state index in [0.29, 0.717) is 12.1 Å². The van der Waals surface area contributed by atoms with Crippen molar-refractivity contribution < 1.29 is 4.74 Å². The lowest BCUT2D eigenvalue weighted by Crippen LogP contribution is -2.48. The largest absolute Gasteiger partial charge is 0.374 e. The minimum Gasteiger partial charge on any atom is -0.374 e. The van der Waals surface area contributed by atoms with Gasteiger partial charge in [-0.1, -0.05) is 61.0 Å². The highest BCUT2D eigenvalue weighted by atomic mass is 79.9. The molecule has 2 unspecified atom stereocenters. The van der Waals surface area contributed by atoms with E-state index in [-0.39, 0.29) is 5.41 Å². The molecule has 3 heteroatoms. The van der Waals surface area contributed by atoms with Gasteiger partial charge in [0.1, 0.15) is 0 Å². The highest BCUT2D eigenvalue weighted by Crippen LogP contribution is 2.23. The first-order valence-electron chi connectivity index (χ1n) is 7.41. The third kappa shape index (κ3) is 4.06. The number of hydrogen-bond donors (Lipinski definition) is 0. The Balaban J connectivity index is 2.02. The van der Waals surface area contributed by atoms with Crippen LogP contribution in [-0.4, -0.2) is 35.5 Å². The van der Waals surface area contributed by atoms with Crippen molar-refractivity contribution in [2.24, 2.45) is 0 Å². The van der Waals surface area contributed by atoms with Crippen LogP contribution in [0.25, 0.3) is 0 Å². The van der Waals surface area contributed by atoms with E-state index in [1.807, 2.05) is 0 Å². The Morgan fingerprint density at radius 1 is 1.25 bits per heavy atom. The Kier molecular flexibility index (Phi) is 5.27. The maximum Gasteiger partial charge on any atom is 0.0799 e. The predicted octanol–water partition coefficient (Wildman–Crippen LogP) is 3.97. The van der Waals surface area contributed by atoms with Gasteiger partial charge in [-0.25, -0.2) is 0 Å². The summed E-state index contributed by atoms with van der Waals surface area (Å²) in [7, 11) is 0. The van der Waals surface area contributed by atoms with Crippen LogP contribution >= 0.6 is 15.9 Å². The van der Waals surface area contributed by atoms with Crippen LogP contribution in [0.4, 0.5) is 0 Å². The molecule has 1 saturated heterocycles. The van der Waals surface area contributed by atoms with Crippen molar-refractivity contribution in [1.29, 1.82) is 0 Å². The molecule has 0 aromatic heterocycles.